The van der Waals surface area contributed by atoms with Crippen molar-refractivity contribution in [2.75, 3.05) is 4.90 Å². The molecule has 0 fully saturated rings. The van der Waals surface area contributed by atoms with Crippen LogP contribution in [0.4, 0.5) is 17.1 Å². The molecule has 49 heavy (non-hydrogen) atoms. The molecular weight excluding hydrogens is 641 g/mol. The van der Waals surface area contributed by atoms with Gasteiger partial charge in [0.05, 0.1) is 15.6 Å². The van der Waals surface area contributed by atoms with Crippen molar-refractivity contribution >= 4 is 114 Å². The smallest absolute Gasteiger partial charge is 0.137 e. The van der Waals surface area contributed by atoms with Crippen LogP contribution < -0.4 is 4.90 Å². The standard InChI is InChI=1S/C43H24N2O2S2/c1-2-8-25(9-3-1)43-44-42-39(49-43)21-20-35-41(42)33-19-16-27(23-37(33)47-35)45(26-14-17-30-29-10-4-6-12-34(29)46-36(30)22-26)28-15-18-32-31-11-5-7-13-38(31)48-40(32)24-28/h1-24H. The number of hydrogen-bond donors (Lipinski definition) is 0. The Hall–Kier alpha value is -5.95. The van der Waals surface area contributed by atoms with Gasteiger partial charge in [0.2, 0.25) is 0 Å². The van der Waals surface area contributed by atoms with Gasteiger partial charge >= 0.3 is 0 Å². The lowest BCUT2D eigenvalue weighted by molar-refractivity contribution is 0.669. The van der Waals surface area contributed by atoms with Gasteiger partial charge in [0, 0.05) is 71.1 Å². The molecule has 0 amide bonds. The highest BCUT2D eigenvalue weighted by molar-refractivity contribution is 7.25. The fraction of sp³-hybridized carbons (Fsp3) is 0. The first kappa shape index (κ1) is 27.0. The lowest BCUT2D eigenvalue weighted by Gasteiger charge is -2.25. The Morgan fingerprint density at radius 1 is 0.429 bits per heavy atom. The number of aromatic nitrogens is 1. The number of fused-ring (bicyclic) bond motifs is 11. The molecule has 0 aliphatic rings. The Kier molecular flexibility index (Phi) is 5.67. The van der Waals surface area contributed by atoms with Crippen LogP contribution in [-0.2, 0) is 0 Å². The molecule has 0 spiro atoms. The topological polar surface area (TPSA) is 42.4 Å². The Balaban J connectivity index is 1.11. The third kappa shape index (κ3) is 4.11. The molecule has 0 saturated carbocycles. The second-order valence-corrected chi connectivity index (χ2v) is 14.5. The first-order valence-electron chi connectivity index (χ1n) is 16.2. The van der Waals surface area contributed by atoms with Crippen LogP contribution in [0.5, 0.6) is 0 Å². The number of anilines is 3. The molecule has 0 aliphatic carbocycles. The Labute approximate surface area is 287 Å². The third-order valence-electron chi connectivity index (χ3n) is 9.50. The summed E-state index contributed by atoms with van der Waals surface area (Å²) in [6.45, 7) is 0. The SMILES string of the molecule is c1ccc(-c2nc3c(ccc4oc5cc(N(c6ccc7c(c6)oc6ccccc67)c6ccc7c(c6)sc6ccccc67)ccc5c43)s2)cc1. The van der Waals surface area contributed by atoms with Crippen LogP contribution in [0.25, 0.3) is 84.8 Å². The molecule has 6 heteroatoms. The summed E-state index contributed by atoms with van der Waals surface area (Å²) in [6, 6.07) is 51.2. The summed E-state index contributed by atoms with van der Waals surface area (Å²) < 4.78 is 16.6. The second-order valence-electron chi connectivity index (χ2n) is 12.3. The fourth-order valence-electron chi connectivity index (χ4n) is 7.24. The lowest BCUT2D eigenvalue weighted by atomic mass is 10.1. The molecule has 4 aromatic heterocycles. The van der Waals surface area contributed by atoms with Crippen molar-refractivity contribution in [3.05, 3.63) is 146 Å². The van der Waals surface area contributed by atoms with Gasteiger partial charge in [-0.15, -0.1) is 22.7 Å². The normalized spacial score (nSPS) is 12.1. The Bertz CT molecular complexity index is 2960. The molecule has 0 radical (unpaired) electrons. The van der Waals surface area contributed by atoms with Gasteiger partial charge in [-0.2, -0.15) is 0 Å². The molecule has 4 heterocycles. The van der Waals surface area contributed by atoms with Crippen molar-refractivity contribution in [1.82, 2.24) is 4.98 Å². The van der Waals surface area contributed by atoms with Crippen LogP contribution in [0.2, 0.25) is 0 Å². The minimum absolute atomic E-state index is 0.826. The zero-order valence-corrected chi connectivity index (χ0v) is 27.5. The predicted octanol–water partition coefficient (Wildman–Crippen LogP) is 13.6. The molecule has 11 rings (SSSR count). The zero-order chi connectivity index (χ0) is 32.1. The van der Waals surface area contributed by atoms with Crippen molar-refractivity contribution in [3.63, 3.8) is 0 Å². The number of rotatable bonds is 4. The van der Waals surface area contributed by atoms with E-state index in [1.165, 1.54) is 20.2 Å². The van der Waals surface area contributed by atoms with Gasteiger partial charge in [-0.05, 0) is 60.7 Å². The van der Waals surface area contributed by atoms with Crippen LogP contribution in [0, 0.1) is 0 Å². The van der Waals surface area contributed by atoms with E-state index >= 15 is 0 Å². The van der Waals surface area contributed by atoms with Gasteiger partial charge in [0.25, 0.3) is 0 Å². The summed E-state index contributed by atoms with van der Waals surface area (Å²) in [6.07, 6.45) is 0. The Morgan fingerprint density at radius 2 is 1.06 bits per heavy atom. The first-order valence-corrected chi connectivity index (χ1v) is 17.8. The van der Waals surface area contributed by atoms with Gasteiger partial charge in [0.1, 0.15) is 27.3 Å². The third-order valence-corrected chi connectivity index (χ3v) is 11.7. The average molecular weight is 665 g/mol. The minimum atomic E-state index is 0.826. The molecular formula is C43H24N2O2S2. The van der Waals surface area contributed by atoms with E-state index in [1.54, 1.807) is 11.3 Å². The van der Waals surface area contributed by atoms with Crippen LogP contribution in [0.1, 0.15) is 0 Å². The predicted molar refractivity (Wildman–Crippen MR) is 207 cm³/mol. The zero-order valence-electron chi connectivity index (χ0n) is 25.9. The summed E-state index contributed by atoms with van der Waals surface area (Å²) in [5.74, 6) is 0. The molecule has 0 unspecified atom stereocenters. The van der Waals surface area contributed by atoms with Gasteiger partial charge in [-0.1, -0.05) is 72.8 Å². The van der Waals surface area contributed by atoms with Crippen LogP contribution in [0.3, 0.4) is 0 Å². The van der Waals surface area contributed by atoms with E-state index in [0.29, 0.717) is 0 Å². The van der Waals surface area contributed by atoms with E-state index < -0.39 is 0 Å². The van der Waals surface area contributed by atoms with E-state index in [2.05, 4.69) is 132 Å². The number of hydrogen-bond acceptors (Lipinski definition) is 6. The van der Waals surface area contributed by atoms with E-state index in [4.69, 9.17) is 13.8 Å². The fourth-order valence-corrected chi connectivity index (χ4v) is 9.36. The van der Waals surface area contributed by atoms with Gasteiger partial charge in [-0.25, -0.2) is 4.98 Å². The maximum atomic E-state index is 6.58. The first-order chi connectivity index (χ1) is 24.2. The number of para-hydroxylation sites is 1. The number of thiophene rings is 1. The lowest BCUT2D eigenvalue weighted by Crippen LogP contribution is -2.09. The highest BCUT2D eigenvalue weighted by Gasteiger charge is 2.20. The highest BCUT2D eigenvalue weighted by atomic mass is 32.1. The van der Waals surface area contributed by atoms with Crippen LogP contribution >= 0.6 is 22.7 Å². The van der Waals surface area contributed by atoms with Gasteiger partial charge in [-0.3, -0.25) is 0 Å². The number of benzene rings is 7. The molecule has 0 saturated heterocycles. The van der Waals surface area contributed by atoms with Crippen LogP contribution in [0.15, 0.2) is 154 Å². The van der Waals surface area contributed by atoms with Crippen molar-refractivity contribution < 1.29 is 8.83 Å². The van der Waals surface area contributed by atoms with Crippen molar-refractivity contribution in [2.45, 2.75) is 0 Å². The van der Waals surface area contributed by atoms with Crippen molar-refractivity contribution in [2.24, 2.45) is 0 Å². The summed E-state index contributed by atoms with van der Waals surface area (Å²) in [7, 11) is 0. The maximum absolute atomic E-state index is 6.58. The van der Waals surface area contributed by atoms with E-state index in [1.807, 2.05) is 29.5 Å². The summed E-state index contributed by atoms with van der Waals surface area (Å²) in [5, 5.41) is 7.91. The van der Waals surface area contributed by atoms with Crippen molar-refractivity contribution in [3.8, 4) is 10.6 Å². The maximum Gasteiger partial charge on any atom is 0.137 e. The highest BCUT2D eigenvalue weighted by Crippen LogP contribution is 2.45. The van der Waals surface area contributed by atoms with E-state index in [0.717, 1.165) is 81.7 Å². The molecule has 4 nitrogen and oxygen atoms in total. The molecule has 230 valence electrons. The number of nitrogens with zero attached hydrogens (tertiary/aromatic N) is 2. The quantitative estimate of drug-likeness (QED) is 0.188. The molecule has 0 atom stereocenters. The monoisotopic (exact) mass is 664 g/mol. The van der Waals surface area contributed by atoms with Crippen molar-refractivity contribution in [1.29, 1.82) is 0 Å². The molecule has 0 aliphatic heterocycles. The molecule has 7 aromatic carbocycles. The minimum Gasteiger partial charge on any atom is -0.456 e. The van der Waals surface area contributed by atoms with Gasteiger partial charge in [0.15, 0.2) is 0 Å². The average Bonchev–Trinajstić information content (AvgIpc) is 3.92. The van der Waals surface area contributed by atoms with E-state index in [-0.39, 0.29) is 0 Å². The number of thiazole rings is 1. The molecule has 11 aromatic rings. The van der Waals surface area contributed by atoms with E-state index in [9.17, 15) is 0 Å². The Morgan fingerprint density at radius 3 is 1.92 bits per heavy atom. The summed E-state index contributed by atoms with van der Waals surface area (Å²) in [4.78, 5) is 7.42. The van der Waals surface area contributed by atoms with Crippen LogP contribution in [-0.4, -0.2) is 4.98 Å². The molecule has 0 N–H and O–H groups in total. The summed E-state index contributed by atoms with van der Waals surface area (Å²) >= 11 is 3.54. The number of furan rings is 2. The van der Waals surface area contributed by atoms with Gasteiger partial charge < -0.3 is 13.7 Å². The molecule has 0 bridgehead atoms. The summed E-state index contributed by atoms with van der Waals surface area (Å²) in [5.41, 5.74) is 8.60. The second kappa shape index (κ2) is 10.3. The largest absolute Gasteiger partial charge is 0.456 e.